The second kappa shape index (κ2) is 7.24. The van der Waals surface area contributed by atoms with Crippen molar-refractivity contribution in [2.45, 2.75) is 6.42 Å². The Morgan fingerprint density at radius 2 is 1.44 bits per heavy atom. The molecule has 0 saturated heterocycles. The number of benzene rings is 2. The average molecular weight is 258 g/mol. The van der Waals surface area contributed by atoms with E-state index in [9.17, 15) is 0 Å². The van der Waals surface area contributed by atoms with E-state index in [1.807, 2.05) is 6.07 Å². The third kappa shape index (κ3) is 3.90. The van der Waals surface area contributed by atoms with Crippen molar-refractivity contribution in [2.75, 3.05) is 18.1 Å². The van der Waals surface area contributed by atoms with Crippen molar-refractivity contribution in [1.29, 1.82) is 0 Å². The minimum absolute atomic E-state index is 0.275. The zero-order chi connectivity index (χ0) is 12.6. The maximum atomic E-state index is 8.71. The number of aryl methyl sites for hydroxylation is 1. The summed E-state index contributed by atoms with van der Waals surface area (Å²) in [7, 11) is 0. The number of hydrogen-bond donors (Lipinski definition) is 1. The van der Waals surface area contributed by atoms with E-state index in [0.29, 0.717) is 0 Å². The van der Waals surface area contributed by atoms with Gasteiger partial charge in [-0.2, -0.15) is 11.8 Å². The van der Waals surface area contributed by atoms with Gasteiger partial charge in [0.05, 0.1) is 6.61 Å². The largest absolute Gasteiger partial charge is 0.396 e. The molecule has 0 aliphatic heterocycles. The molecule has 0 bridgehead atoms. The van der Waals surface area contributed by atoms with Crippen LogP contribution >= 0.6 is 11.8 Å². The minimum atomic E-state index is 0.275. The van der Waals surface area contributed by atoms with Crippen LogP contribution in [-0.2, 0) is 6.42 Å². The molecule has 0 amide bonds. The number of thioether (sulfide) groups is 1. The van der Waals surface area contributed by atoms with Gasteiger partial charge >= 0.3 is 0 Å². The van der Waals surface area contributed by atoms with E-state index in [0.717, 1.165) is 17.9 Å². The van der Waals surface area contributed by atoms with Crippen LogP contribution in [0.15, 0.2) is 54.6 Å². The van der Waals surface area contributed by atoms with Crippen LogP contribution in [0.5, 0.6) is 0 Å². The van der Waals surface area contributed by atoms with Crippen LogP contribution in [0, 0.1) is 0 Å². The second-order valence-corrected chi connectivity index (χ2v) is 5.37. The lowest BCUT2D eigenvalue weighted by molar-refractivity contribution is 0.322. The molecule has 2 heteroatoms. The van der Waals surface area contributed by atoms with Gasteiger partial charge in [0, 0.05) is 5.75 Å². The van der Waals surface area contributed by atoms with E-state index in [1.165, 1.54) is 16.7 Å². The Hall–Kier alpha value is -1.25. The van der Waals surface area contributed by atoms with Crippen molar-refractivity contribution in [1.82, 2.24) is 0 Å². The van der Waals surface area contributed by atoms with E-state index in [-0.39, 0.29) is 6.61 Å². The first-order chi connectivity index (χ1) is 8.90. The highest BCUT2D eigenvalue weighted by molar-refractivity contribution is 7.99. The van der Waals surface area contributed by atoms with Gasteiger partial charge in [-0.15, -0.1) is 0 Å². The first kappa shape index (κ1) is 13.2. The molecule has 0 heterocycles. The van der Waals surface area contributed by atoms with Crippen LogP contribution in [0.1, 0.15) is 5.56 Å². The van der Waals surface area contributed by atoms with Gasteiger partial charge in [-0.25, -0.2) is 0 Å². The Morgan fingerprint density at radius 3 is 2.11 bits per heavy atom. The molecule has 0 aliphatic rings. The van der Waals surface area contributed by atoms with Crippen molar-refractivity contribution in [3.8, 4) is 11.1 Å². The Balaban J connectivity index is 1.94. The third-order valence-electron chi connectivity index (χ3n) is 2.83. The average Bonchev–Trinajstić information content (AvgIpc) is 2.45. The quantitative estimate of drug-likeness (QED) is 0.799. The SMILES string of the molecule is OCCSCCc1ccc(-c2ccccc2)cc1. The van der Waals surface area contributed by atoms with Gasteiger partial charge in [-0.1, -0.05) is 54.6 Å². The smallest absolute Gasteiger partial charge is 0.0521 e. The maximum absolute atomic E-state index is 8.71. The summed E-state index contributed by atoms with van der Waals surface area (Å²) in [5.41, 5.74) is 3.89. The molecule has 94 valence electrons. The lowest BCUT2D eigenvalue weighted by atomic mass is 10.0. The van der Waals surface area contributed by atoms with Crippen LogP contribution in [0.2, 0.25) is 0 Å². The first-order valence-corrected chi connectivity index (χ1v) is 7.38. The van der Waals surface area contributed by atoms with Crippen LogP contribution in [0.3, 0.4) is 0 Å². The molecular formula is C16H18OS. The van der Waals surface area contributed by atoms with Gasteiger partial charge in [0.1, 0.15) is 0 Å². The monoisotopic (exact) mass is 258 g/mol. The highest BCUT2D eigenvalue weighted by Crippen LogP contribution is 2.19. The zero-order valence-corrected chi connectivity index (χ0v) is 11.2. The first-order valence-electron chi connectivity index (χ1n) is 6.23. The fourth-order valence-corrected chi connectivity index (χ4v) is 2.56. The molecule has 0 aliphatic carbocycles. The Morgan fingerprint density at radius 1 is 0.778 bits per heavy atom. The molecule has 0 atom stereocenters. The molecule has 0 radical (unpaired) electrons. The lowest BCUT2D eigenvalue weighted by Crippen LogP contribution is -1.92. The topological polar surface area (TPSA) is 20.2 Å². The van der Waals surface area contributed by atoms with E-state index < -0.39 is 0 Å². The summed E-state index contributed by atoms with van der Waals surface area (Å²) in [5, 5.41) is 8.71. The summed E-state index contributed by atoms with van der Waals surface area (Å²) in [4.78, 5) is 0. The van der Waals surface area contributed by atoms with E-state index in [4.69, 9.17) is 5.11 Å². The van der Waals surface area contributed by atoms with Crippen molar-refractivity contribution in [3.63, 3.8) is 0 Å². The molecule has 18 heavy (non-hydrogen) atoms. The highest BCUT2D eigenvalue weighted by Gasteiger charge is 1.97. The van der Waals surface area contributed by atoms with Gasteiger partial charge in [0.25, 0.3) is 0 Å². The second-order valence-electron chi connectivity index (χ2n) is 4.15. The van der Waals surface area contributed by atoms with E-state index in [1.54, 1.807) is 11.8 Å². The molecule has 2 aromatic carbocycles. The highest BCUT2D eigenvalue weighted by atomic mass is 32.2. The zero-order valence-electron chi connectivity index (χ0n) is 10.4. The number of aliphatic hydroxyl groups is 1. The van der Waals surface area contributed by atoms with Crippen LogP contribution in [0.25, 0.3) is 11.1 Å². The van der Waals surface area contributed by atoms with Crippen LogP contribution in [-0.4, -0.2) is 23.2 Å². The number of rotatable bonds is 6. The molecule has 0 aromatic heterocycles. The predicted molar refractivity (Wildman–Crippen MR) is 80.0 cm³/mol. The molecule has 2 aromatic rings. The molecule has 1 nitrogen and oxygen atoms in total. The summed E-state index contributed by atoms with van der Waals surface area (Å²) >= 11 is 1.80. The predicted octanol–water partition coefficient (Wildman–Crippen LogP) is 3.62. The molecule has 0 unspecified atom stereocenters. The van der Waals surface area contributed by atoms with Crippen LogP contribution < -0.4 is 0 Å². The lowest BCUT2D eigenvalue weighted by Gasteiger charge is -2.04. The van der Waals surface area contributed by atoms with Crippen LogP contribution in [0.4, 0.5) is 0 Å². The van der Waals surface area contributed by atoms with Gasteiger partial charge in [-0.05, 0) is 28.9 Å². The fourth-order valence-electron chi connectivity index (χ4n) is 1.85. The normalized spacial score (nSPS) is 10.5. The summed E-state index contributed by atoms with van der Waals surface area (Å²) in [5.74, 6) is 1.91. The Labute approximate surface area is 113 Å². The van der Waals surface area contributed by atoms with Gasteiger partial charge in [0.2, 0.25) is 0 Å². The van der Waals surface area contributed by atoms with Gasteiger partial charge in [-0.3, -0.25) is 0 Å². The van der Waals surface area contributed by atoms with E-state index in [2.05, 4.69) is 48.5 Å². The third-order valence-corrected chi connectivity index (χ3v) is 3.80. The molecule has 0 fully saturated rings. The van der Waals surface area contributed by atoms with Gasteiger partial charge < -0.3 is 5.11 Å². The Kier molecular flexibility index (Phi) is 5.31. The van der Waals surface area contributed by atoms with Crippen molar-refractivity contribution in [3.05, 3.63) is 60.2 Å². The summed E-state index contributed by atoms with van der Waals surface area (Å²) < 4.78 is 0. The molecule has 0 spiro atoms. The van der Waals surface area contributed by atoms with Crippen molar-refractivity contribution < 1.29 is 5.11 Å². The Bertz CT molecular complexity index is 450. The molecule has 2 rings (SSSR count). The maximum Gasteiger partial charge on any atom is 0.0521 e. The fraction of sp³-hybridized carbons (Fsp3) is 0.250. The summed E-state index contributed by atoms with van der Waals surface area (Å²) in [6.07, 6.45) is 1.07. The van der Waals surface area contributed by atoms with Crippen molar-refractivity contribution >= 4 is 11.8 Å². The summed E-state index contributed by atoms with van der Waals surface area (Å²) in [6, 6.07) is 19.2. The standard InChI is InChI=1S/C16H18OS/c17-11-13-18-12-10-14-6-8-16(9-7-14)15-4-2-1-3-5-15/h1-9,17H,10-13H2. The number of aliphatic hydroxyl groups excluding tert-OH is 1. The number of hydrogen-bond acceptors (Lipinski definition) is 2. The molecule has 1 N–H and O–H groups in total. The molecule has 0 saturated carbocycles. The van der Waals surface area contributed by atoms with E-state index >= 15 is 0 Å². The van der Waals surface area contributed by atoms with Crippen molar-refractivity contribution in [2.24, 2.45) is 0 Å². The summed E-state index contributed by atoms with van der Waals surface area (Å²) in [6.45, 7) is 0.275. The minimum Gasteiger partial charge on any atom is -0.396 e. The molecular weight excluding hydrogens is 240 g/mol. The van der Waals surface area contributed by atoms with Gasteiger partial charge in [0.15, 0.2) is 0 Å².